The molecule has 150 valence electrons. The minimum Gasteiger partial charge on any atom is -0.493 e. The standard InChI is InChI=1S/C19H19BrN6O3/c1-11-5-3-4-6-13(11)10-28-17-14(20)7-12(8-15(17)27-2)9-23-24-18(21)16-19(22)26-29-25-16/h3-9H,10H2,1-2H3,(H2,21,24)(H2,22,26)/b23-9+. The summed E-state index contributed by atoms with van der Waals surface area (Å²) >= 11 is 3.52. The first-order valence-corrected chi connectivity index (χ1v) is 9.28. The lowest BCUT2D eigenvalue weighted by Crippen LogP contribution is -2.15. The van der Waals surface area contributed by atoms with E-state index < -0.39 is 0 Å². The Kier molecular flexibility index (Phi) is 6.45. The Morgan fingerprint density at radius 2 is 2.07 bits per heavy atom. The van der Waals surface area contributed by atoms with Gasteiger partial charge in [0.05, 0.1) is 17.8 Å². The van der Waals surface area contributed by atoms with Crippen LogP contribution in [0.5, 0.6) is 11.5 Å². The first-order valence-electron chi connectivity index (χ1n) is 8.49. The molecule has 3 rings (SSSR count). The van der Waals surface area contributed by atoms with Crippen LogP contribution in [-0.4, -0.2) is 29.5 Å². The molecule has 0 amide bonds. The van der Waals surface area contributed by atoms with Crippen molar-refractivity contribution in [1.29, 1.82) is 0 Å². The molecule has 9 nitrogen and oxygen atoms in total. The van der Waals surface area contributed by atoms with Crippen molar-refractivity contribution in [3.05, 3.63) is 63.3 Å². The minimum absolute atomic E-state index is 0.00999. The summed E-state index contributed by atoms with van der Waals surface area (Å²) in [6, 6.07) is 11.6. The van der Waals surface area contributed by atoms with Gasteiger partial charge in [-0.05, 0) is 62.0 Å². The van der Waals surface area contributed by atoms with Crippen molar-refractivity contribution in [2.75, 3.05) is 12.8 Å². The second-order valence-electron chi connectivity index (χ2n) is 5.98. The molecule has 0 radical (unpaired) electrons. The van der Waals surface area contributed by atoms with E-state index in [1.807, 2.05) is 37.3 Å². The second kappa shape index (κ2) is 9.20. The lowest BCUT2D eigenvalue weighted by atomic mass is 10.1. The van der Waals surface area contributed by atoms with Crippen molar-refractivity contribution in [3.8, 4) is 11.5 Å². The summed E-state index contributed by atoms with van der Waals surface area (Å²) < 4.78 is 16.6. The Bertz CT molecular complexity index is 1060. The van der Waals surface area contributed by atoms with Crippen LogP contribution in [0.3, 0.4) is 0 Å². The molecule has 2 aromatic carbocycles. The van der Waals surface area contributed by atoms with Crippen molar-refractivity contribution < 1.29 is 14.1 Å². The smallest absolute Gasteiger partial charge is 0.199 e. The number of anilines is 1. The van der Waals surface area contributed by atoms with Gasteiger partial charge in [-0.15, -0.1) is 5.10 Å². The number of ether oxygens (including phenoxy) is 2. The van der Waals surface area contributed by atoms with Crippen molar-refractivity contribution >= 4 is 33.8 Å². The minimum atomic E-state index is -0.00999. The summed E-state index contributed by atoms with van der Waals surface area (Å²) in [5, 5.41) is 14.8. The Labute approximate surface area is 175 Å². The van der Waals surface area contributed by atoms with E-state index in [0.717, 1.165) is 16.7 Å². The fourth-order valence-electron chi connectivity index (χ4n) is 2.45. The number of hydrogen-bond acceptors (Lipinski definition) is 8. The van der Waals surface area contributed by atoms with E-state index in [2.05, 4.69) is 41.1 Å². The number of rotatable bonds is 7. The van der Waals surface area contributed by atoms with Crippen LogP contribution >= 0.6 is 15.9 Å². The van der Waals surface area contributed by atoms with Gasteiger partial charge in [0, 0.05) is 0 Å². The summed E-state index contributed by atoms with van der Waals surface area (Å²) in [7, 11) is 1.57. The molecule has 0 bridgehead atoms. The molecule has 0 spiro atoms. The van der Waals surface area contributed by atoms with Gasteiger partial charge in [0.2, 0.25) is 0 Å². The van der Waals surface area contributed by atoms with Crippen LogP contribution in [0, 0.1) is 6.92 Å². The number of halogens is 1. The SMILES string of the molecule is COc1cc(/C=N/N=C(\N)c2nonc2N)cc(Br)c1OCc1ccccc1C. The molecule has 0 aliphatic heterocycles. The molecule has 0 unspecified atom stereocenters. The number of benzene rings is 2. The number of nitrogens with two attached hydrogens (primary N) is 2. The van der Waals surface area contributed by atoms with Crippen molar-refractivity contribution in [2.45, 2.75) is 13.5 Å². The number of aryl methyl sites for hydroxylation is 1. The van der Waals surface area contributed by atoms with Gasteiger partial charge in [0.15, 0.2) is 28.8 Å². The van der Waals surface area contributed by atoms with Gasteiger partial charge in [-0.1, -0.05) is 24.3 Å². The zero-order valence-electron chi connectivity index (χ0n) is 15.8. The maximum atomic E-state index is 5.98. The highest BCUT2D eigenvalue weighted by Crippen LogP contribution is 2.37. The topological polar surface area (TPSA) is 134 Å². The van der Waals surface area contributed by atoms with E-state index in [9.17, 15) is 0 Å². The Balaban J connectivity index is 1.77. The van der Waals surface area contributed by atoms with E-state index in [1.165, 1.54) is 6.21 Å². The average molecular weight is 459 g/mol. The van der Waals surface area contributed by atoms with Gasteiger partial charge in [0.25, 0.3) is 0 Å². The van der Waals surface area contributed by atoms with E-state index in [-0.39, 0.29) is 17.3 Å². The summed E-state index contributed by atoms with van der Waals surface area (Å²) in [6.07, 6.45) is 1.51. The highest BCUT2D eigenvalue weighted by atomic mass is 79.9. The zero-order valence-corrected chi connectivity index (χ0v) is 17.4. The van der Waals surface area contributed by atoms with Gasteiger partial charge in [-0.2, -0.15) is 5.10 Å². The fraction of sp³-hybridized carbons (Fsp3) is 0.158. The van der Waals surface area contributed by atoms with Crippen LogP contribution in [0.25, 0.3) is 0 Å². The Hall–Kier alpha value is -3.40. The fourth-order valence-corrected chi connectivity index (χ4v) is 3.03. The molecule has 0 fully saturated rings. The number of hydrogen-bond donors (Lipinski definition) is 2. The molecule has 0 saturated carbocycles. The monoisotopic (exact) mass is 458 g/mol. The molecule has 29 heavy (non-hydrogen) atoms. The number of nitrogen functional groups attached to an aromatic ring is 1. The molecule has 0 aliphatic carbocycles. The summed E-state index contributed by atoms with van der Waals surface area (Å²) in [4.78, 5) is 0. The van der Waals surface area contributed by atoms with Crippen LogP contribution in [0.4, 0.5) is 5.82 Å². The first kappa shape index (κ1) is 20.3. The van der Waals surface area contributed by atoms with Crippen LogP contribution in [0.2, 0.25) is 0 Å². The maximum Gasteiger partial charge on any atom is 0.199 e. The lowest BCUT2D eigenvalue weighted by molar-refractivity contribution is 0.282. The average Bonchev–Trinajstić information content (AvgIpc) is 3.14. The number of methoxy groups -OCH3 is 1. The summed E-state index contributed by atoms with van der Waals surface area (Å²) in [5.41, 5.74) is 14.4. The molecule has 0 aliphatic rings. The number of amidine groups is 1. The third kappa shape index (κ3) is 4.91. The third-order valence-electron chi connectivity index (χ3n) is 4.01. The third-order valence-corrected chi connectivity index (χ3v) is 4.60. The maximum absolute atomic E-state index is 5.98. The summed E-state index contributed by atoms with van der Waals surface area (Å²) in [6.45, 7) is 2.46. The predicted molar refractivity (Wildman–Crippen MR) is 113 cm³/mol. The van der Waals surface area contributed by atoms with Gasteiger partial charge < -0.3 is 20.9 Å². The van der Waals surface area contributed by atoms with Crippen LogP contribution in [0.1, 0.15) is 22.4 Å². The van der Waals surface area contributed by atoms with E-state index >= 15 is 0 Å². The molecule has 1 heterocycles. The quantitative estimate of drug-likeness (QED) is 0.315. The Morgan fingerprint density at radius 1 is 1.28 bits per heavy atom. The highest BCUT2D eigenvalue weighted by Gasteiger charge is 2.13. The van der Waals surface area contributed by atoms with Crippen LogP contribution in [0.15, 0.2) is 55.7 Å². The molecule has 0 saturated heterocycles. The molecular weight excluding hydrogens is 440 g/mol. The molecule has 1 aromatic heterocycles. The van der Waals surface area contributed by atoms with Gasteiger partial charge >= 0.3 is 0 Å². The zero-order chi connectivity index (χ0) is 20.8. The van der Waals surface area contributed by atoms with Gasteiger partial charge in [0.1, 0.15) is 6.61 Å². The van der Waals surface area contributed by atoms with E-state index in [1.54, 1.807) is 13.2 Å². The summed E-state index contributed by atoms with van der Waals surface area (Å²) in [5.74, 6) is 1.18. The van der Waals surface area contributed by atoms with E-state index in [0.29, 0.717) is 22.6 Å². The van der Waals surface area contributed by atoms with Gasteiger partial charge in [-0.25, -0.2) is 4.63 Å². The number of aromatic nitrogens is 2. The van der Waals surface area contributed by atoms with E-state index in [4.69, 9.17) is 20.9 Å². The Morgan fingerprint density at radius 3 is 2.76 bits per heavy atom. The van der Waals surface area contributed by atoms with Crippen LogP contribution in [-0.2, 0) is 6.61 Å². The highest BCUT2D eigenvalue weighted by molar-refractivity contribution is 9.10. The van der Waals surface area contributed by atoms with Crippen LogP contribution < -0.4 is 20.9 Å². The lowest BCUT2D eigenvalue weighted by Gasteiger charge is -2.14. The predicted octanol–water partition coefficient (Wildman–Crippen LogP) is 3.05. The normalized spacial score (nSPS) is 11.8. The molecule has 3 aromatic rings. The van der Waals surface area contributed by atoms with Crippen molar-refractivity contribution in [3.63, 3.8) is 0 Å². The number of nitrogens with zero attached hydrogens (tertiary/aromatic N) is 4. The molecule has 4 N–H and O–H groups in total. The second-order valence-corrected chi connectivity index (χ2v) is 6.83. The molecular formula is C19H19BrN6O3. The molecule has 0 atom stereocenters. The molecule has 10 heteroatoms. The van der Waals surface area contributed by atoms with Crippen molar-refractivity contribution in [2.24, 2.45) is 15.9 Å². The largest absolute Gasteiger partial charge is 0.493 e. The van der Waals surface area contributed by atoms with Crippen molar-refractivity contribution in [1.82, 2.24) is 10.3 Å². The first-order chi connectivity index (χ1) is 14.0. The van der Waals surface area contributed by atoms with Gasteiger partial charge in [-0.3, -0.25) is 0 Å².